The van der Waals surface area contributed by atoms with Gasteiger partial charge in [-0.2, -0.15) is 0 Å². The van der Waals surface area contributed by atoms with E-state index < -0.39 is 21.6 Å². The van der Waals surface area contributed by atoms with Crippen molar-refractivity contribution in [2.75, 3.05) is 12.9 Å². The Morgan fingerprint density at radius 3 is 2.59 bits per heavy atom. The van der Waals surface area contributed by atoms with E-state index in [9.17, 15) is 18.4 Å². The minimum absolute atomic E-state index is 0.196. The number of ether oxygens (including phenoxy) is 1. The van der Waals surface area contributed by atoms with Gasteiger partial charge in [0.2, 0.25) is 6.41 Å². The first-order valence-corrected chi connectivity index (χ1v) is 9.97. The summed E-state index contributed by atoms with van der Waals surface area (Å²) in [5.41, 5.74) is 1.77. The summed E-state index contributed by atoms with van der Waals surface area (Å²) in [7, 11) is -2.12. The molecule has 8 heteroatoms. The number of rotatable bonds is 8. The summed E-state index contributed by atoms with van der Waals surface area (Å²) in [6.45, 7) is 0. The first-order valence-electron chi connectivity index (χ1n) is 8.15. The Bertz CT molecular complexity index is 1030. The van der Waals surface area contributed by atoms with E-state index in [2.05, 4.69) is 0 Å². The van der Waals surface area contributed by atoms with Gasteiger partial charge in [-0.3, -0.25) is 10.0 Å². The first-order chi connectivity index (χ1) is 12.9. The fraction of sp³-hybridized carbons (Fsp3) is 0.211. The number of benzene rings is 2. The number of hydrogen-bond donors (Lipinski definition) is 1. The van der Waals surface area contributed by atoms with Gasteiger partial charge < -0.3 is 9.15 Å². The third kappa shape index (κ3) is 4.47. The number of fused-ring (bicyclic) bond motifs is 1. The summed E-state index contributed by atoms with van der Waals surface area (Å²) in [4.78, 5) is 11.0. The fourth-order valence-electron chi connectivity index (χ4n) is 2.88. The molecule has 1 amide bonds. The molecule has 0 aliphatic rings. The molecule has 0 saturated heterocycles. The molecule has 2 aromatic carbocycles. The lowest BCUT2D eigenvalue weighted by molar-refractivity contribution is -0.158. The number of hydrogen-bond acceptors (Lipinski definition) is 6. The summed E-state index contributed by atoms with van der Waals surface area (Å²) in [5.74, 6) is -0.0461. The van der Waals surface area contributed by atoms with Crippen molar-refractivity contribution in [2.24, 2.45) is 0 Å². The molecule has 0 unspecified atom stereocenters. The van der Waals surface area contributed by atoms with E-state index in [1.165, 1.54) is 13.4 Å². The smallest absolute Gasteiger partial charge is 0.233 e. The fourth-order valence-corrected chi connectivity index (χ4v) is 4.52. The number of methoxy groups -OCH3 is 1. The number of carbonyl (C=O) groups is 1. The highest BCUT2D eigenvalue weighted by atomic mass is 32.2. The minimum atomic E-state index is -3.63. The van der Waals surface area contributed by atoms with Crippen molar-refractivity contribution < 1.29 is 27.6 Å². The molecule has 1 N–H and O–H groups in total. The molecule has 0 spiro atoms. The molecule has 0 radical (unpaired) electrons. The lowest BCUT2D eigenvalue weighted by Crippen LogP contribution is -2.30. The van der Waals surface area contributed by atoms with Crippen molar-refractivity contribution >= 4 is 27.2 Å². The van der Waals surface area contributed by atoms with Crippen LogP contribution in [0, 0.1) is 0 Å². The molecular formula is C19H19NO6S. The number of amides is 1. The third-order valence-electron chi connectivity index (χ3n) is 4.24. The van der Waals surface area contributed by atoms with Crippen molar-refractivity contribution in [3.8, 4) is 5.75 Å². The predicted molar refractivity (Wildman–Crippen MR) is 99.1 cm³/mol. The van der Waals surface area contributed by atoms with Crippen molar-refractivity contribution in [1.29, 1.82) is 0 Å². The Balaban J connectivity index is 1.83. The number of furan rings is 1. The summed E-state index contributed by atoms with van der Waals surface area (Å²) in [6.07, 6.45) is 1.73. The molecule has 1 heterocycles. The van der Waals surface area contributed by atoms with Crippen LogP contribution in [0.4, 0.5) is 0 Å². The van der Waals surface area contributed by atoms with Crippen LogP contribution < -0.4 is 4.74 Å². The number of sulfone groups is 1. The van der Waals surface area contributed by atoms with E-state index in [0.29, 0.717) is 27.5 Å². The van der Waals surface area contributed by atoms with Crippen LogP contribution in [0.2, 0.25) is 0 Å². The Morgan fingerprint density at radius 2 is 1.93 bits per heavy atom. The van der Waals surface area contributed by atoms with E-state index in [4.69, 9.17) is 9.15 Å². The topological polar surface area (TPSA) is 97.1 Å². The highest BCUT2D eigenvalue weighted by Gasteiger charge is 2.26. The van der Waals surface area contributed by atoms with Gasteiger partial charge in [-0.05, 0) is 41.5 Å². The van der Waals surface area contributed by atoms with E-state index in [1.807, 2.05) is 0 Å². The zero-order valence-corrected chi connectivity index (χ0v) is 15.4. The zero-order valence-electron chi connectivity index (χ0n) is 14.6. The Labute approximate surface area is 156 Å². The quantitative estimate of drug-likeness (QED) is 0.361. The second-order valence-electron chi connectivity index (χ2n) is 6.12. The van der Waals surface area contributed by atoms with Crippen molar-refractivity contribution in [1.82, 2.24) is 5.06 Å². The lowest BCUT2D eigenvalue weighted by Gasteiger charge is -2.23. The summed E-state index contributed by atoms with van der Waals surface area (Å²) >= 11 is 0. The van der Waals surface area contributed by atoms with Crippen molar-refractivity contribution in [3.05, 3.63) is 65.9 Å². The maximum Gasteiger partial charge on any atom is 0.233 e. The highest BCUT2D eigenvalue weighted by Crippen LogP contribution is 2.25. The second-order valence-corrected chi connectivity index (χ2v) is 8.23. The molecule has 0 fully saturated rings. The Hall–Kier alpha value is -2.84. The molecule has 3 aromatic rings. The maximum atomic E-state index is 12.7. The number of hydroxylamine groups is 2. The minimum Gasteiger partial charge on any atom is -0.497 e. The van der Waals surface area contributed by atoms with Gasteiger partial charge in [-0.25, -0.2) is 13.5 Å². The van der Waals surface area contributed by atoms with Crippen LogP contribution in [0.1, 0.15) is 17.2 Å². The van der Waals surface area contributed by atoms with E-state index >= 15 is 0 Å². The largest absolute Gasteiger partial charge is 0.497 e. The van der Waals surface area contributed by atoms with Gasteiger partial charge in [0.1, 0.15) is 11.3 Å². The van der Waals surface area contributed by atoms with Gasteiger partial charge in [-0.15, -0.1) is 0 Å². The van der Waals surface area contributed by atoms with E-state index in [1.54, 1.807) is 48.5 Å². The molecule has 3 rings (SSSR count). The summed E-state index contributed by atoms with van der Waals surface area (Å²) in [5, 5.41) is 11.1. The van der Waals surface area contributed by atoms with E-state index in [-0.39, 0.29) is 12.2 Å². The number of carbonyl (C=O) groups excluding carboxylic acids is 1. The standard InChI is InChI=1S/C19H19NO6S/c1-25-17-5-3-15(4-6-17)18(20(22)13-21)12-27(23,24)11-14-2-7-19-16(10-14)8-9-26-19/h2-10,13,18,22H,11-12H2,1H3/t18-/m1/s1. The third-order valence-corrected chi connectivity index (χ3v) is 5.84. The van der Waals surface area contributed by atoms with Crippen LogP contribution in [0.5, 0.6) is 5.75 Å². The first kappa shape index (κ1) is 18.9. The van der Waals surface area contributed by atoms with Crippen molar-refractivity contribution in [3.63, 3.8) is 0 Å². The number of nitrogens with zero attached hydrogens (tertiary/aromatic N) is 1. The molecule has 0 saturated carbocycles. The van der Waals surface area contributed by atoms with Gasteiger partial charge in [-0.1, -0.05) is 18.2 Å². The zero-order chi connectivity index (χ0) is 19.4. The Morgan fingerprint density at radius 1 is 1.19 bits per heavy atom. The molecule has 0 aliphatic heterocycles. The predicted octanol–water partition coefficient (Wildman–Crippen LogP) is 2.95. The van der Waals surface area contributed by atoms with Gasteiger partial charge >= 0.3 is 0 Å². The lowest BCUT2D eigenvalue weighted by atomic mass is 10.1. The molecular weight excluding hydrogens is 370 g/mol. The molecule has 1 aromatic heterocycles. The highest BCUT2D eigenvalue weighted by molar-refractivity contribution is 7.90. The van der Waals surface area contributed by atoms with Crippen LogP contribution >= 0.6 is 0 Å². The summed E-state index contributed by atoms with van der Waals surface area (Å²) in [6, 6.07) is 12.4. The molecule has 7 nitrogen and oxygen atoms in total. The molecule has 27 heavy (non-hydrogen) atoms. The monoisotopic (exact) mass is 389 g/mol. The van der Waals surface area contributed by atoms with Crippen LogP contribution in [0.15, 0.2) is 59.2 Å². The van der Waals surface area contributed by atoms with Crippen LogP contribution in [0.3, 0.4) is 0 Å². The summed E-state index contributed by atoms with van der Waals surface area (Å²) < 4.78 is 35.7. The van der Waals surface area contributed by atoms with Crippen molar-refractivity contribution in [2.45, 2.75) is 11.8 Å². The average Bonchev–Trinajstić information content (AvgIpc) is 3.13. The molecule has 142 valence electrons. The average molecular weight is 389 g/mol. The van der Waals surface area contributed by atoms with Crippen LogP contribution in [0.25, 0.3) is 11.0 Å². The maximum absolute atomic E-state index is 12.7. The van der Waals surface area contributed by atoms with Gasteiger partial charge in [0.05, 0.1) is 30.9 Å². The second kappa shape index (κ2) is 7.81. The van der Waals surface area contributed by atoms with E-state index in [0.717, 1.165) is 5.39 Å². The Kier molecular flexibility index (Phi) is 5.48. The van der Waals surface area contributed by atoms with Crippen LogP contribution in [-0.4, -0.2) is 38.0 Å². The van der Waals surface area contributed by atoms with Gasteiger partial charge in [0, 0.05) is 5.39 Å². The molecule has 0 bridgehead atoms. The van der Waals surface area contributed by atoms with Crippen LogP contribution in [-0.2, 0) is 20.4 Å². The van der Waals surface area contributed by atoms with Gasteiger partial charge in [0.25, 0.3) is 0 Å². The molecule has 0 aliphatic carbocycles. The normalized spacial score (nSPS) is 12.7. The van der Waals surface area contributed by atoms with Gasteiger partial charge in [0.15, 0.2) is 9.84 Å². The molecule has 1 atom stereocenters. The SMILES string of the molecule is COc1ccc([C@@H](CS(=O)(=O)Cc2ccc3occc3c2)N(O)C=O)cc1.